The lowest BCUT2D eigenvalue weighted by Gasteiger charge is -2.07. The van der Waals surface area contributed by atoms with E-state index in [1.807, 2.05) is 24.3 Å². The molecule has 4 heteroatoms. The second kappa shape index (κ2) is 7.32. The molecule has 0 bridgehead atoms. The fraction of sp³-hybridized carbons (Fsp3) is 0.188. The van der Waals surface area contributed by atoms with Crippen LogP contribution < -0.4 is 5.43 Å². The minimum absolute atomic E-state index is 0.517. The van der Waals surface area contributed by atoms with Gasteiger partial charge in [0.25, 0.3) is 0 Å². The van der Waals surface area contributed by atoms with Gasteiger partial charge in [-0.15, -0.1) is 0 Å². The number of anilines is 1. The maximum absolute atomic E-state index is 5.99. The Kier molecular flexibility index (Phi) is 5.45. The van der Waals surface area contributed by atoms with E-state index in [1.54, 1.807) is 12.1 Å². The van der Waals surface area contributed by atoms with E-state index in [0.29, 0.717) is 10.0 Å². The predicted octanol–water partition coefficient (Wildman–Crippen LogP) is 5.61. The molecule has 0 aliphatic carbocycles. The van der Waals surface area contributed by atoms with Gasteiger partial charge in [0, 0.05) is 0 Å². The molecule has 0 aliphatic rings. The molecule has 2 aromatic rings. The van der Waals surface area contributed by atoms with E-state index in [1.165, 1.54) is 0 Å². The zero-order valence-electron chi connectivity index (χ0n) is 11.2. The molecule has 0 amide bonds. The van der Waals surface area contributed by atoms with E-state index < -0.39 is 0 Å². The highest BCUT2D eigenvalue weighted by Crippen LogP contribution is 2.25. The van der Waals surface area contributed by atoms with E-state index in [9.17, 15) is 0 Å². The third kappa shape index (κ3) is 3.99. The smallest absolute Gasteiger partial charge is 0.0679 e. The average molecular weight is 307 g/mol. The Morgan fingerprint density at radius 1 is 1.05 bits per heavy atom. The van der Waals surface area contributed by atoms with Crippen LogP contribution in [0.25, 0.3) is 0 Å². The van der Waals surface area contributed by atoms with Crippen LogP contribution in [0.4, 0.5) is 5.69 Å². The van der Waals surface area contributed by atoms with E-state index >= 15 is 0 Å². The van der Waals surface area contributed by atoms with Gasteiger partial charge in [-0.3, -0.25) is 5.43 Å². The molecule has 0 aromatic heterocycles. The number of hydrogen-bond acceptors (Lipinski definition) is 2. The van der Waals surface area contributed by atoms with Crippen LogP contribution in [-0.4, -0.2) is 5.71 Å². The fourth-order valence-corrected chi connectivity index (χ4v) is 2.13. The van der Waals surface area contributed by atoms with Gasteiger partial charge < -0.3 is 0 Å². The van der Waals surface area contributed by atoms with Crippen molar-refractivity contribution in [1.82, 2.24) is 0 Å². The highest BCUT2D eigenvalue weighted by Gasteiger charge is 2.03. The molecule has 104 valence electrons. The average Bonchev–Trinajstić information content (AvgIpc) is 2.48. The molecule has 2 rings (SSSR count). The summed E-state index contributed by atoms with van der Waals surface area (Å²) in [6.45, 7) is 2.14. The van der Waals surface area contributed by atoms with Gasteiger partial charge in [-0.1, -0.05) is 66.9 Å². The minimum atomic E-state index is 0.517. The van der Waals surface area contributed by atoms with E-state index in [2.05, 4.69) is 29.6 Å². The Morgan fingerprint density at radius 2 is 1.80 bits per heavy atom. The van der Waals surface area contributed by atoms with Gasteiger partial charge in [-0.25, -0.2) is 0 Å². The lowest BCUT2D eigenvalue weighted by molar-refractivity contribution is 0.988. The SMILES string of the molecule is CCC/C(=N/Nc1ccc(Cl)c(Cl)c1)c1ccccc1. The molecule has 0 saturated carbocycles. The first-order valence-corrected chi connectivity index (χ1v) is 7.29. The largest absolute Gasteiger partial charge is 0.278 e. The second-order valence-corrected chi connectivity index (χ2v) is 5.23. The number of halogens is 2. The zero-order valence-corrected chi connectivity index (χ0v) is 12.7. The van der Waals surface area contributed by atoms with Gasteiger partial charge >= 0.3 is 0 Å². The molecule has 0 unspecified atom stereocenters. The first-order valence-electron chi connectivity index (χ1n) is 6.53. The van der Waals surface area contributed by atoms with Crippen LogP contribution in [0.15, 0.2) is 53.6 Å². The van der Waals surface area contributed by atoms with E-state index in [-0.39, 0.29) is 0 Å². The zero-order chi connectivity index (χ0) is 14.4. The molecule has 0 atom stereocenters. The fourth-order valence-electron chi connectivity index (χ4n) is 1.83. The molecule has 2 aromatic carbocycles. The van der Waals surface area contributed by atoms with E-state index in [0.717, 1.165) is 29.8 Å². The highest BCUT2D eigenvalue weighted by molar-refractivity contribution is 6.42. The van der Waals surface area contributed by atoms with Crippen LogP contribution in [0.1, 0.15) is 25.3 Å². The van der Waals surface area contributed by atoms with Crippen molar-refractivity contribution in [3.63, 3.8) is 0 Å². The van der Waals surface area contributed by atoms with Crippen molar-refractivity contribution >= 4 is 34.6 Å². The third-order valence-electron chi connectivity index (χ3n) is 2.83. The predicted molar refractivity (Wildman–Crippen MR) is 88.0 cm³/mol. The van der Waals surface area contributed by atoms with Gasteiger partial charge in [0.15, 0.2) is 0 Å². The first kappa shape index (κ1) is 14.9. The Morgan fingerprint density at radius 3 is 2.45 bits per heavy atom. The summed E-state index contributed by atoms with van der Waals surface area (Å²) < 4.78 is 0. The maximum atomic E-state index is 5.99. The van der Waals surface area contributed by atoms with Gasteiger partial charge in [0.2, 0.25) is 0 Å². The van der Waals surface area contributed by atoms with E-state index in [4.69, 9.17) is 23.2 Å². The highest BCUT2D eigenvalue weighted by atomic mass is 35.5. The number of benzene rings is 2. The number of nitrogens with zero attached hydrogens (tertiary/aromatic N) is 1. The normalized spacial score (nSPS) is 11.4. The van der Waals surface area contributed by atoms with Gasteiger partial charge in [0.1, 0.15) is 0 Å². The maximum Gasteiger partial charge on any atom is 0.0679 e. The van der Waals surface area contributed by atoms with Crippen LogP contribution in [0.2, 0.25) is 10.0 Å². The van der Waals surface area contributed by atoms with Gasteiger partial charge in [-0.2, -0.15) is 5.10 Å². The molecule has 0 aliphatic heterocycles. The quantitative estimate of drug-likeness (QED) is 0.563. The monoisotopic (exact) mass is 306 g/mol. The summed E-state index contributed by atoms with van der Waals surface area (Å²) in [6, 6.07) is 15.5. The third-order valence-corrected chi connectivity index (χ3v) is 3.57. The van der Waals surface area contributed by atoms with Crippen LogP contribution in [-0.2, 0) is 0 Å². The number of hydrogen-bond donors (Lipinski definition) is 1. The Labute approximate surface area is 129 Å². The van der Waals surface area contributed by atoms with Crippen molar-refractivity contribution in [2.75, 3.05) is 5.43 Å². The summed E-state index contributed by atoms with van der Waals surface area (Å²) in [6.07, 6.45) is 1.95. The molecule has 0 saturated heterocycles. The summed E-state index contributed by atoms with van der Waals surface area (Å²) in [5, 5.41) is 5.55. The van der Waals surface area contributed by atoms with Gasteiger partial charge in [0.05, 0.1) is 21.4 Å². The van der Waals surface area contributed by atoms with Crippen LogP contribution >= 0.6 is 23.2 Å². The Balaban J connectivity index is 2.19. The lowest BCUT2D eigenvalue weighted by atomic mass is 10.1. The summed E-state index contributed by atoms with van der Waals surface area (Å²) in [7, 11) is 0. The van der Waals surface area contributed by atoms with Crippen molar-refractivity contribution in [3.8, 4) is 0 Å². The van der Waals surface area contributed by atoms with Crippen LogP contribution in [0.5, 0.6) is 0 Å². The summed E-state index contributed by atoms with van der Waals surface area (Å²) in [5.41, 5.74) is 6.02. The molecular weight excluding hydrogens is 291 g/mol. The second-order valence-electron chi connectivity index (χ2n) is 4.42. The number of nitrogens with one attached hydrogen (secondary N) is 1. The van der Waals surface area contributed by atoms with Crippen molar-refractivity contribution in [2.24, 2.45) is 5.10 Å². The lowest BCUT2D eigenvalue weighted by Crippen LogP contribution is -2.04. The first-order chi connectivity index (χ1) is 9.70. The number of rotatable bonds is 5. The van der Waals surface area contributed by atoms with Crippen molar-refractivity contribution < 1.29 is 0 Å². The van der Waals surface area contributed by atoms with Crippen molar-refractivity contribution in [3.05, 3.63) is 64.1 Å². The molecular formula is C16H16Cl2N2. The Bertz CT molecular complexity index is 595. The topological polar surface area (TPSA) is 24.4 Å². The standard InChI is InChI=1S/C16H16Cl2N2/c1-2-6-16(12-7-4-3-5-8-12)20-19-13-9-10-14(17)15(18)11-13/h3-5,7-11,19H,2,6H2,1H3/b20-16-. The number of hydrazone groups is 1. The summed E-state index contributed by atoms with van der Waals surface area (Å²) in [5.74, 6) is 0. The molecule has 20 heavy (non-hydrogen) atoms. The molecule has 1 N–H and O–H groups in total. The van der Waals surface area contributed by atoms with Crippen LogP contribution in [0, 0.1) is 0 Å². The molecule has 2 nitrogen and oxygen atoms in total. The minimum Gasteiger partial charge on any atom is -0.278 e. The molecule has 0 heterocycles. The molecule has 0 radical (unpaired) electrons. The summed E-state index contributed by atoms with van der Waals surface area (Å²) >= 11 is 11.9. The molecule has 0 fully saturated rings. The van der Waals surface area contributed by atoms with Crippen LogP contribution in [0.3, 0.4) is 0 Å². The van der Waals surface area contributed by atoms with Gasteiger partial charge in [-0.05, 0) is 30.2 Å². The van der Waals surface area contributed by atoms with Crippen molar-refractivity contribution in [1.29, 1.82) is 0 Å². The van der Waals surface area contributed by atoms with Crippen molar-refractivity contribution in [2.45, 2.75) is 19.8 Å². The Hall–Kier alpha value is -1.51. The molecule has 0 spiro atoms. The summed E-state index contributed by atoms with van der Waals surface area (Å²) in [4.78, 5) is 0.